The molecule has 3 unspecified atom stereocenters. The molecule has 2 aliphatic heterocycles. The second-order valence-corrected chi connectivity index (χ2v) is 9.39. The lowest BCUT2D eigenvalue weighted by atomic mass is 9.97. The van der Waals surface area contributed by atoms with Crippen LogP contribution in [-0.2, 0) is 4.74 Å². The maximum absolute atomic E-state index is 12.5. The van der Waals surface area contributed by atoms with Crippen LogP contribution in [0.1, 0.15) is 66.7 Å². The Labute approximate surface area is 146 Å². The van der Waals surface area contributed by atoms with Crippen LogP contribution in [0, 0.1) is 0 Å². The lowest BCUT2D eigenvalue weighted by molar-refractivity contribution is 0.00436. The van der Waals surface area contributed by atoms with Gasteiger partial charge in [0, 0.05) is 24.2 Å². The van der Waals surface area contributed by atoms with Gasteiger partial charge in [0.05, 0.1) is 0 Å². The van der Waals surface area contributed by atoms with Gasteiger partial charge in [-0.3, -0.25) is 0 Å². The van der Waals surface area contributed by atoms with Crippen LogP contribution in [0.3, 0.4) is 0 Å². The molecule has 1 amide bonds. The fourth-order valence-electron chi connectivity index (χ4n) is 3.82. The average Bonchev–Trinajstić information content (AvgIpc) is 2.69. The zero-order valence-corrected chi connectivity index (χ0v) is 16.2. The summed E-state index contributed by atoms with van der Waals surface area (Å²) in [6.07, 6.45) is 5.50. The monoisotopic (exact) mass is 342 g/mol. The van der Waals surface area contributed by atoms with E-state index in [1.54, 1.807) is 0 Å². The minimum absolute atomic E-state index is 0.115. The molecule has 0 aromatic rings. The highest BCUT2D eigenvalue weighted by molar-refractivity contribution is 7.99. The highest BCUT2D eigenvalue weighted by Gasteiger charge is 2.44. The highest BCUT2D eigenvalue weighted by atomic mass is 32.2. The van der Waals surface area contributed by atoms with Gasteiger partial charge in [-0.1, -0.05) is 6.92 Å². The van der Waals surface area contributed by atoms with Gasteiger partial charge >= 0.3 is 6.09 Å². The summed E-state index contributed by atoms with van der Waals surface area (Å²) < 4.78 is 5.60. The van der Waals surface area contributed by atoms with E-state index in [1.807, 2.05) is 37.4 Å². The summed E-state index contributed by atoms with van der Waals surface area (Å²) in [6, 6.07) is 1.83. The number of hydrogen-bond acceptors (Lipinski definition) is 4. The topological polar surface area (TPSA) is 41.6 Å². The van der Waals surface area contributed by atoms with E-state index in [0.29, 0.717) is 24.2 Å². The molecule has 1 N–H and O–H groups in total. The van der Waals surface area contributed by atoms with Crippen molar-refractivity contribution in [3.05, 3.63) is 0 Å². The van der Waals surface area contributed by atoms with Crippen molar-refractivity contribution in [2.75, 3.05) is 11.5 Å². The molecule has 0 spiro atoms. The lowest BCUT2D eigenvalue weighted by Crippen LogP contribution is -2.53. The Balaban J connectivity index is 1.83. The fourth-order valence-corrected chi connectivity index (χ4v) is 4.62. The Morgan fingerprint density at radius 3 is 2.43 bits per heavy atom. The third kappa shape index (κ3) is 5.56. The molecule has 23 heavy (non-hydrogen) atoms. The number of nitrogens with zero attached hydrogens (tertiary/aromatic N) is 1. The number of hydrogen-bond donors (Lipinski definition) is 1. The maximum atomic E-state index is 12.5. The van der Waals surface area contributed by atoms with Crippen LogP contribution in [0.15, 0.2) is 0 Å². The first kappa shape index (κ1) is 18.9. The van der Waals surface area contributed by atoms with Crippen LogP contribution in [0.4, 0.5) is 4.79 Å². The van der Waals surface area contributed by atoms with Crippen molar-refractivity contribution in [1.82, 2.24) is 10.2 Å². The van der Waals surface area contributed by atoms with Gasteiger partial charge in [0.15, 0.2) is 0 Å². The second kappa shape index (κ2) is 8.11. The van der Waals surface area contributed by atoms with Gasteiger partial charge in [0.25, 0.3) is 0 Å². The van der Waals surface area contributed by atoms with Gasteiger partial charge in [-0.25, -0.2) is 4.79 Å². The first-order chi connectivity index (χ1) is 10.8. The lowest BCUT2D eigenvalue weighted by Gasteiger charge is -2.40. The van der Waals surface area contributed by atoms with E-state index >= 15 is 0 Å². The quantitative estimate of drug-likeness (QED) is 0.740. The average molecular weight is 343 g/mol. The first-order valence-electron chi connectivity index (χ1n) is 9.15. The maximum Gasteiger partial charge on any atom is 0.410 e. The van der Waals surface area contributed by atoms with Gasteiger partial charge in [-0.15, -0.1) is 0 Å². The molecule has 2 heterocycles. The van der Waals surface area contributed by atoms with Gasteiger partial charge in [0.1, 0.15) is 5.60 Å². The predicted octanol–water partition coefficient (Wildman–Crippen LogP) is 4.04. The molecule has 2 aliphatic rings. The van der Waals surface area contributed by atoms with Crippen LogP contribution in [0.25, 0.3) is 0 Å². The minimum atomic E-state index is -0.406. The number of nitrogens with one attached hydrogen (secondary N) is 1. The number of carbonyl (C=O) groups excluding carboxylic acids is 1. The molecule has 0 aliphatic carbocycles. The third-order valence-electron chi connectivity index (χ3n) is 4.76. The molecule has 3 atom stereocenters. The third-order valence-corrected chi connectivity index (χ3v) is 5.69. The Bertz CT molecular complexity index is 383. The molecule has 0 aromatic carbocycles. The van der Waals surface area contributed by atoms with E-state index in [4.69, 9.17) is 4.74 Å². The van der Waals surface area contributed by atoms with Crippen molar-refractivity contribution in [3.63, 3.8) is 0 Å². The first-order valence-corrected chi connectivity index (χ1v) is 10.3. The molecule has 2 saturated heterocycles. The molecular weight excluding hydrogens is 308 g/mol. The van der Waals surface area contributed by atoms with Crippen LogP contribution in [-0.4, -0.2) is 52.3 Å². The van der Waals surface area contributed by atoms with Crippen molar-refractivity contribution in [3.8, 4) is 0 Å². The molecule has 2 rings (SSSR count). The normalized spacial score (nSPS) is 28.7. The van der Waals surface area contributed by atoms with E-state index in [0.717, 1.165) is 25.7 Å². The van der Waals surface area contributed by atoms with Gasteiger partial charge < -0.3 is 15.0 Å². The Morgan fingerprint density at radius 2 is 1.91 bits per heavy atom. The molecule has 134 valence electrons. The van der Waals surface area contributed by atoms with E-state index in [9.17, 15) is 4.79 Å². The Morgan fingerprint density at radius 1 is 1.30 bits per heavy atom. The predicted molar refractivity (Wildman–Crippen MR) is 98.1 cm³/mol. The molecule has 5 heteroatoms. The molecule has 2 bridgehead atoms. The van der Waals surface area contributed by atoms with E-state index in [2.05, 4.69) is 19.2 Å². The number of rotatable bonds is 6. The Kier molecular flexibility index (Phi) is 6.66. The van der Waals surface area contributed by atoms with Gasteiger partial charge in [0.2, 0.25) is 0 Å². The van der Waals surface area contributed by atoms with Gasteiger partial charge in [-0.2, -0.15) is 11.8 Å². The number of amides is 1. The van der Waals surface area contributed by atoms with Crippen LogP contribution >= 0.6 is 11.8 Å². The Hall–Kier alpha value is -0.420. The molecule has 2 fully saturated rings. The van der Waals surface area contributed by atoms with Crippen molar-refractivity contribution < 1.29 is 9.53 Å². The molecule has 4 nitrogen and oxygen atoms in total. The summed E-state index contributed by atoms with van der Waals surface area (Å²) in [6.45, 7) is 10.3. The van der Waals surface area contributed by atoms with Crippen molar-refractivity contribution >= 4 is 17.9 Å². The van der Waals surface area contributed by atoms with Crippen molar-refractivity contribution in [2.24, 2.45) is 0 Å². The summed E-state index contributed by atoms with van der Waals surface area (Å²) in [7, 11) is 0. The van der Waals surface area contributed by atoms with Crippen LogP contribution < -0.4 is 5.32 Å². The summed E-state index contributed by atoms with van der Waals surface area (Å²) >= 11 is 2.01. The van der Waals surface area contributed by atoms with Crippen molar-refractivity contribution in [1.29, 1.82) is 0 Å². The van der Waals surface area contributed by atoms with Gasteiger partial charge in [-0.05, 0) is 71.3 Å². The SMILES string of the molecule is CCSCCC(C)NC1CC2CCC(C1)N2C(=O)OC(C)(C)C. The summed E-state index contributed by atoms with van der Waals surface area (Å²) in [4.78, 5) is 14.5. The van der Waals surface area contributed by atoms with Crippen LogP contribution in [0.5, 0.6) is 0 Å². The largest absolute Gasteiger partial charge is 0.444 e. The number of carbonyl (C=O) groups is 1. The summed E-state index contributed by atoms with van der Waals surface area (Å²) in [5.41, 5.74) is -0.406. The molecule has 0 aromatic heterocycles. The summed E-state index contributed by atoms with van der Waals surface area (Å²) in [5, 5.41) is 3.79. The fraction of sp³-hybridized carbons (Fsp3) is 0.944. The van der Waals surface area contributed by atoms with Crippen LogP contribution in [0.2, 0.25) is 0 Å². The highest BCUT2D eigenvalue weighted by Crippen LogP contribution is 2.37. The summed E-state index contributed by atoms with van der Waals surface area (Å²) in [5.74, 6) is 2.43. The van der Waals surface area contributed by atoms with Crippen molar-refractivity contribution in [2.45, 2.75) is 96.5 Å². The standard InChI is InChI=1S/C18H34N2O2S/c1-6-23-10-9-13(2)19-14-11-15-7-8-16(12-14)20(15)17(21)22-18(3,4)5/h13-16,19H,6-12H2,1-5H3. The molecule has 0 saturated carbocycles. The number of ether oxygens (including phenoxy) is 1. The number of piperidine rings is 1. The number of fused-ring (bicyclic) bond motifs is 2. The van der Waals surface area contributed by atoms with E-state index < -0.39 is 5.60 Å². The zero-order valence-electron chi connectivity index (χ0n) is 15.4. The minimum Gasteiger partial charge on any atom is -0.444 e. The smallest absolute Gasteiger partial charge is 0.410 e. The molecule has 0 radical (unpaired) electrons. The van der Waals surface area contributed by atoms with E-state index in [-0.39, 0.29) is 6.09 Å². The zero-order chi connectivity index (χ0) is 17.0. The second-order valence-electron chi connectivity index (χ2n) is 7.99. The van der Waals surface area contributed by atoms with E-state index in [1.165, 1.54) is 17.9 Å². The molecular formula is C18H34N2O2S. The number of thioether (sulfide) groups is 1.